The summed E-state index contributed by atoms with van der Waals surface area (Å²) in [5.41, 5.74) is 0. The Bertz CT molecular complexity index is 357. The predicted octanol–water partition coefficient (Wildman–Crippen LogP) is 3.35. The standard InChI is InChI=1S/C17H29NO3/c1-2-3-4-12-5-7-14(8-6-12)17(21)18-15(11-16(19)20)13-9-10-13/h12-15H,2-11H2,1H3,(H,18,21)(H,19,20). The number of rotatable bonds is 8. The molecule has 2 N–H and O–H groups in total. The number of carbonyl (C=O) groups excluding carboxylic acids is 1. The molecule has 4 heteroatoms. The molecular formula is C17H29NO3. The van der Waals surface area contributed by atoms with Gasteiger partial charge in [-0.25, -0.2) is 0 Å². The molecule has 120 valence electrons. The molecule has 2 saturated carbocycles. The van der Waals surface area contributed by atoms with Gasteiger partial charge in [-0.05, 0) is 50.4 Å². The molecule has 0 aliphatic heterocycles. The normalized spacial score (nSPS) is 27.1. The summed E-state index contributed by atoms with van der Waals surface area (Å²) in [6.45, 7) is 2.22. The fourth-order valence-electron chi connectivity index (χ4n) is 3.53. The molecule has 0 aromatic carbocycles. The molecular weight excluding hydrogens is 266 g/mol. The maximum Gasteiger partial charge on any atom is 0.305 e. The van der Waals surface area contributed by atoms with Gasteiger partial charge in [0.25, 0.3) is 0 Å². The number of amides is 1. The van der Waals surface area contributed by atoms with E-state index in [-0.39, 0.29) is 24.3 Å². The van der Waals surface area contributed by atoms with E-state index in [2.05, 4.69) is 12.2 Å². The fourth-order valence-corrected chi connectivity index (χ4v) is 3.53. The Morgan fingerprint density at radius 3 is 2.33 bits per heavy atom. The molecule has 0 heterocycles. The van der Waals surface area contributed by atoms with Gasteiger partial charge >= 0.3 is 5.97 Å². The molecule has 4 nitrogen and oxygen atoms in total. The summed E-state index contributed by atoms with van der Waals surface area (Å²) in [5, 5.41) is 12.0. The second-order valence-electron chi connectivity index (χ2n) is 6.91. The highest BCUT2D eigenvalue weighted by molar-refractivity contribution is 5.80. The third kappa shape index (κ3) is 5.33. The summed E-state index contributed by atoms with van der Waals surface area (Å²) in [6.07, 6.45) is 10.3. The Hall–Kier alpha value is -1.06. The third-order valence-corrected chi connectivity index (χ3v) is 5.10. The first-order chi connectivity index (χ1) is 10.1. The number of hydrogen-bond donors (Lipinski definition) is 2. The van der Waals surface area contributed by atoms with Crippen LogP contribution in [0.1, 0.15) is 71.1 Å². The van der Waals surface area contributed by atoms with Crippen molar-refractivity contribution in [2.24, 2.45) is 17.8 Å². The molecule has 2 aliphatic rings. The quantitative estimate of drug-likeness (QED) is 0.721. The van der Waals surface area contributed by atoms with Crippen molar-refractivity contribution in [3.05, 3.63) is 0 Å². The SMILES string of the molecule is CCCCC1CCC(C(=O)NC(CC(=O)O)C2CC2)CC1. The predicted molar refractivity (Wildman–Crippen MR) is 81.9 cm³/mol. The molecule has 1 amide bonds. The Balaban J connectivity index is 1.74. The van der Waals surface area contributed by atoms with Gasteiger partial charge in [-0.2, -0.15) is 0 Å². The fraction of sp³-hybridized carbons (Fsp3) is 0.882. The van der Waals surface area contributed by atoms with Gasteiger partial charge in [0.2, 0.25) is 5.91 Å². The molecule has 0 aromatic rings. The van der Waals surface area contributed by atoms with Crippen molar-refractivity contribution in [2.45, 2.75) is 77.2 Å². The Morgan fingerprint density at radius 2 is 1.81 bits per heavy atom. The van der Waals surface area contributed by atoms with Crippen molar-refractivity contribution in [3.8, 4) is 0 Å². The molecule has 0 bridgehead atoms. The number of aliphatic carboxylic acids is 1. The van der Waals surface area contributed by atoms with E-state index in [4.69, 9.17) is 5.11 Å². The van der Waals surface area contributed by atoms with E-state index in [0.29, 0.717) is 5.92 Å². The van der Waals surface area contributed by atoms with E-state index < -0.39 is 5.97 Å². The number of nitrogens with one attached hydrogen (secondary N) is 1. The average Bonchev–Trinajstić information content (AvgIpc) is 3.29. The summed E-state index contributed by atoms with van der Waals surface area (Å²) in [5.74, 6) is 0.591. The minimum Gasteiger partial charge on any atom is -0.481 e. The Kier molecular flexibility index (Phi) is 6.07. The summed E-state index contributed by atoms with van der Waals surface area (Å²) >= 11 is 0. The minimum atomic E-state index is -0.810. The topological polar surface area (TPSA) is 66.4 Å². The molecule has 21 heavy (non-hydrogen) atoms. The van der Waals surface area contributed by atoms with E-state index in [9.17, 15) is 9.59 Å². The van der Waals surface area contributed by atoms with Crippen molar-refractivity contribution < 1.29 is 14.7 Å². The minimum absolute atomic E-state index is 0.0717. The van der Waals surface area contributed by atoms with Crippen LogP contribution < -0.4 is 5.32 Å². The van der Waals surface area contributed by atoms with Crippen molar-refractivity contribution in [1.82, 2.24) is 5.32 Å². The lowest BCUT2D eigenvalue weighted by molar-refractivity contribution is -0.138. The lowest BCUT2D eigenvalue weighted by Gasteiger charge is -2.29. The molecule has 2 fully saturated rings. The summed E-state index contributed by atoms with van der Waals surface area (Å²) in [7, 11) is 0. The van der Waals surface area contributed by atoms with Crippen molar-refractivity contribution in [1.29, 1.82) is 0 Å². The van der Waals surface area contributed by atoms with Gasteiger partial charge in [0.15, 0.2) is 0 Å². The van der Waals surface area contributed by atoms with Crippen LogP contribution in [-0.4, -0.2) is 23.0 Å². The van der Waals surface area contributed by atoms with Gasteiger partial charge in [0.1, 0.15) is 0 Å². The van der Waals surface area contributed by atoms with Crippen LogP contribution in [0.3, 0.4) is 0 Å². The van der Waals surface area contributed by atoms with E-state index in [1.165, 1.54) is 19.3 Å². The van der Waals surface area contributed by atoms with Crippen LogP contribution in [0.4, 0.5) is 0 Å². The first kappa shape index (κ1) is 16.3. The molecule has 0 saturated heterocycles. The van der Waals surface area contributed by atoms with Crippen LogP contribution in [-0.2, 0) is 9.59 Å². The highest BCUT2D eigenvalue weighted by Gasteiger charge is 2.35. The third-order valence-electron chi connectivity index (χ3n) is 5.10. The first-order valence-corrected chi connectivity index (χ1v) is 8.62. The van der Waals surface area contributed by atoms with Crippen LogP contribution in [0.25, 0.3) is 0 Å². The van der Waals surface area contributed by atoms with Gasteiger partial charge in [-0.1, -0.05) is 26.2 Å². The highest BCUT2D eigenvalue weighted by atomic mass is 16.4. The molecule has 1 atom stereocenters. The molecule has 0 aromatic heterocycles. The molecule has 0 spiro atoms. The molecule has 0 radical (unpaired) electrons. The lowest BCUT2D eigenvalue weighted by atomic mass is 9.79. The van der Waals surface area contributed by atoms with Crippen molar-refractivity contribution in [3.63, 3.8) is 0 Å². The van der Waals surface area contributed by atoms with Crippen LogP contribution in [0, 0.1) is 17.8 Å². The molecule has 1 unspecified atom stereocenters. The smallest absolute Gasteiger partial charge is 0.305 e. The number of carboxylic acids is 1. The van der Waals surface area contributed by atoms with E-state index >= 15 is 0 Å². The van der Waals surface area contributed by atoms with Gasteiger partial charge in [-0.3, -0.25) is 9.59 Å². The first-order valence-electron chi connectivity index (χ1n) is 8.62. The lowest BCUT2D eigenvalue weighted by Crippen LogP contribution is -2.42. The zero-order valence-corrected chi connectivity index (χ0v) is 13.1. The summed E-state index contributed by atoms with van der Waals surface area (Å²) < 4.78 is 0. The highest BCUT2D eigenvalue weighted by Crippen LogP contribution is 2.35. The van der Waals surface area contributed by atoms with Crippen LogP contribution in [0.2, 0.25) is 0 Å². The molecule has 2 rings (SSSR count). The Labute approximate surface area is 127 Å². The maximum atomic E-state index is 12.3. The van der Waals surface area contributed by atoms with Gasteiger partial charge < -0.3 is 10.4 Å². The number of unbranched alkanes of at least 4 members (excludes halogenated alkanes) is 1. The van der Waals surface area contributed by atoms with Gasteiger partial charge in [0, 0.05) is 12.0 Å². The number of carboxylic acid groups (broad SMARTS) is 1. The van der Waals surface area contributed by atoms with E-state index in [1.54, 1.807) is 0 Å². The largest absolute Gasteiger partial charge is 0.481 e. The monoisotopic (exact) mass is 295 g/mol. The van der Waals surface area contributed by atoms with Crippen LogP contribution in [0.5, 0.6) is 0 Å². The van der Waals surface area contributed by atoms with Crippen LogP contribution >= 0.6 is 0 Å². The van der Waals surface area contributed by atoms with Crippen LogP contribution in [0.15, 0.2) is 0 Å². The maximum absolute atomic E-state index is 12.3. The zero-order valence-electron chi connectivity index (χ0n) is 13.1. The summed E-state index contributed by atoms with van der Waals surface area (Å²) in [4.78, 5) is 23.2. The second-order valence-corrected chi connectivity index (χ2v) is 6.91. The van der Waals surface area contributed by atoms with Gasteiger partial charge in [-0.15, -0.1) is 0 Å². The number of carbonyl (C=O) groups is 2. The van der Waals surface area contributed by atoms with Crippen molar-refractivity contribution in [2.75, 3.05) is 0 Å². The number of hydrogen-bond acceptors (Lipinski definition) is 2. The van der Waals surface area contributed by atoms with Gasteiger partial charge in [0.05, 0.1) is 6.42 Å². The molecule has 2 aliphatic carbocycles. The second kappa shape index (κ2) is 7.81. The Morgan fingerprint density at radius 1 is 1.14 bits per heavy atom. The zero-order chi connectivity index (χ0) is 15.2. The van der Waals surface area contributed by atoms with E-state index in [0.717, 1.165) is 44.4 Å². The summed E-state index contributed by atoms with van der Waals surface area (Å²) in [6, 6.07) is -0.146. The van der Waals surface area contributed by atoms with E-state index in [1.807, 2.05) is 0 Å². The average molecular weight is 295 g/mol. The van der Waals surface area contributed by atoms with Crippen molar-refractivity contribution >= 4 is 11.9 Å².